The van der Waals surface area contributed by atoms with E-state index in [1.54, 1.807) is 6.07 Å². The van der Waals surface area contributed by atoms with E-state index in [0.29, 0.717) is 11.3 Å². The first-order chi connectivity index (χ1) is 15.7. The van der Waals surface area contributed by atoms with E-state index in [0.717, 1.165) is 26.7 Å². The summed E-state index contributed by atoms with van der Waals surface area (Å²) < 4.78 is 10.5. The Morgan fingerprint density at radius 1 is 1.21 bits per heavy atom. The van der Waals surface area contributed by atoms with Gasteiger partial charge in [0, 0.05) is 18.1 Å². The number of nitrogens with one attached hydrogen (secondary N) is 1. The van der Waals surface area contributed by atoms with Crippen LogP contribution in [0.5, 0.6) is 17.2 Å². The second-order valence-electron chi connectivity index (χ2n) is 8.25. The summed E-state index contributed by atoms with van der Waals surface area (Å²) in [5.41, 5.74) is -1.71. The van der Waals surface area contributed by atoms with Crippen molar-refractivity contribution in [2.45, 2.75) is 46.5 Å². The quantitative estimate of drug-likeness (QED) is 0.273. The van der Waals surface area contributed by atoms with Crippen molar-refractivity contribution in [3.8, 4) is 17.2 Å². The summed E-state index contributed by atoms with van der Waals surface area (Å²) in [5.74, 6) is -0.895. The number of ether oxygens (including phenoxy) is 2. The molecule has 4 saturated heterocycles. The third-order valence-corrected chi connectivity index (χ3v) is 9.75. The van der Waals surface area contributed by atoms with E-state index in [1.807, 2.05) is 0 Å². The number of fused-ring (bicyclic) bond motifs is 4. The topological polar surface area (TPSA) is 158 Å². The van der Waals surface area contributed by atoms with Crippen LogP contribution in [0.4, 0.5) is 0 Å². The van der Waals surface area contributed by atoms with Crippen molar-refractivity contribution in [1.82, 2.24) is 10.4 Å². The van der Waals surface area contributed by atoms with Crippen molar-refractivity contribution in [2.24, 2.45) is 0 Å². The number of phenols is 1. The van der Waals surface area contributed by atoms with Crippen LogP contribution in [0.3, 0.4) is 0 Å². The van der Waals surface area contributed by atoms with Gasteiger partial charge in [-0.05, 0) is 6.07 Å². The predicted molar refractivity (Wildman–Crippen MR) is 116 cm³/mol. The fourth-order valence-corrected chi connectivity index (χ4v) is 8.13. The first-order valence-electron chi connectivity index (χ1n) is 10.0. The molecule has 4 aliphatic heterocycles. The summed E-state index contributed by atoms with van der Waals surface area (Å²) >= 11 is 0. The molecule has 13 heteroatoms. The highest BCUT2D eigenvalue weighted by molar-refractivity contribution is 8.77. The number of benzene rings is 1. The molecule has 2 amide bonds. The van der Waals surface area contributed by atoms with Gasteiger partial charge in [-0.3, -0.25) is 14.4 Å². The maximum absolute atomic E-state index is 13.5. The standard InChI is InChI=1S/C20H22N2O9S2/c1-29-8-5-9(14(25)11(6-8)30-2)15-13-17(26)22-20(33-32-15,18(27)21-13)7-19(28)12(24)4-3-10(23)16(19)31-22/h3-6,10,12-13,15-16,23-25,28H,7H2,1-2H3,(H,21,27)/t10-,12-,13-,15-,16+,19+,20-/m1/s1. The maximum atomic E-state index is 13.5. The lowest BCUT2D eigenvalue weighted by Crippen LogP contribution is -2.77. The Kier molecular flexibility index (Phi) is 5.27. The van der Waals surface area contributed by atoms with E-state index in [1.165, 1.54) is 32.4 Å². The first kappa shape index (κ1) is 22.6. The smallest absolute Gasteiger partial charge is 0.272 e. The number of phenolic OH excluding ortho intramolecular Hbond substituents is 1. The third-order valence-electron chi connectivity index (χ3n) is 6.42. The number of nitrogens with zero attached hydrogens (tertiary/aromatic N) is 1. The maximum Gasteiger partial charge on any atom is 0.272 e. The Labute approximate surface area is 196 Å². The molecule has 1 aromatic carbocycles. The number of aliphatic hydroxyl groups excluding tert-OH is 2. The lowest BCUT2D eigenvalue weighted by molar-refractivity contribution is -0.326. The minimum Gasteiger partial charge on any atom is -0.504 e. The molecule has 4 heterocycles. The SMILES string of the molecule is COc1cc(OC)c(O)c([C@H]2SS[C@@]34C[C@]5(O)[C@H](O)C=C[C@@H](O)[C@@H]5ON3C(=O)[C@@H]2NC4=O)c1. The molecular formula is C20H22N2O9S2. The number of rotatable bonds is 3. The molecule has 1 spiro atoms. The van der Waals surface area contributed by atoms with Crippen LogP contribution in [0.2, 0.25) is 0 Å². The molecule has 178 valence electrons. The Balaban J connectivity index is 1.59. The largest absolute Gasteiger partial charge is 0.504 e. The van der Waals surface area contributed by atoms with E-state index in [2.05, 4.69) is 5.32 Å². The van der Waals surface area contributed by atoms with Crippen molar-refractivity contribution in [3.05, 3.63) is 29.8 Å². The van der Waals surface area contributed by atoms with Crippen LogP contribution in [0.25, 0.3) is 0 Å². The fraction of sp³-hybridized carbons (Fsp3) is 0.500. The van der Waals surface area contributed by atoms with Crippen molar-refractivity contribution >= 4 is 33.4 Å². The van der Waals surface area contributed by atoms with Gasteiger partial charge in [-0.1, -0.05) is 33.7 Å². The summed E-state index contributed by atoms with van der Waals surface area (Å²) in [4.78, 5) is 30.8. The number of carbonyl (C=O) groups is 2. The number of piperazine rings is 1. The van der Waals surface area contributed by atoms with E-state index in [4.69, 9.17) is 14.3 Å². The Morgan fingerprint density at radius 2 is 1.97 bits per heavy atom. The lowest BCUT2D eigenvalue weighted by Gasteiger charge is -2.56. The fourth-order valence-electron chi connectivity index (χ4n) is 4.63. The molecule has 0 unspecified atom stereocenters. The van der Waals surface area contributed by atoms with Gasteiger partial charge in [0.05, 0.1) is 19.5 Å². The summed E-state index contributed by atoms with van der Waals surface area (Å²) in [6, 6.07) is 1.92. The zero-order valence-corrected chi connectivity index (χ0v) is 19.1. The molecule has 1 aliphatic carbocycles. The van der Waals surface area contributed by atoms with Gasteiger partial charge in [-0.15, -0.1) is 0 Å². The third kappa shape index (κ3) is 3.07. The summed E-state index contributed by atoms with van der Waals surface area (Å²) in [5, 5.41) is 45.7. The molecule has 4 fully saturated rings. The molecule has 1 aromatic rings. The molecule has 2 bridgehead atoms. The molecule has 11 nitrogen and oxygen atoms in total. The van der Waals surface area contributed by atoms with Gasteiger partial charge in [0.1, 0.15) is 35.7 Å². The number of aromatic hydroxyl groups is 1. The van der Waals surface area contributed by atoms with Gasteiger partial charge >= 0.3 is 0 Å². The monoisotopic (exact) mass is 498 g/mol. The van der Waals surface area contributed by atoms with Gasteiger partial charge in [0.25, 0.3) is 11.8 Å². The van der Waals surface area contributed by atoms with E-state index < -0.39 is 51.9 Å². The second kappa shape index (κ2) is 7.68. The van der Waals surface area contributed by atoms with Crippen LogP contribution in [-0.4, -0.2) is 86.3 Å². The van der Waals surface area contributed by atoms with Crippen molar-refractivity contribution < 1.29 is 44.3 Å². The van der Waals surface area contributed by atoms with Gasteiger partial charge in [0.2, 0.25) is 4.87 Å². The molecule has 0 radical (unpaired) electrons. The Hall–Kier alpha value is -2.16. The molecule has 0 aromatic heterocycles. The van der Waals surface area contributed by atoms with Crippen LogP contribution in [0.15, 0.2) is 24.3 Å². The molecular weight excluding hydrogens is 476 g/mol. The normalized spacial score (nSPS) is 39.4. The van der Waals surface area contributed by atoms with Crippen molar-refractivity contribution in [3.63, 3.8) is 0 Å². The van der Waals surface area contributed by atoms with Gasteiger partial charge in [-0.2, -0.15) is 5.06 Å². The van der Waals surface area contributed by atoms with Gasteiger partial charge < -0.3 is 35.2 Å². The van der Waals surface area contributed by atoms with E-state index >= 15 is 0 Å². The Morgan fingerprint density at radius 3 is 2.67 bits per heavy atom. The minimum absolute atomic E-state index is 0.136. The number of hydroxylamine groups is 2. The molecule has 5 N–H and O–H groups in total. The minimum atomic E-state index is -2.01. The van der Waals surface area contributed by atoms with Crippen LogP contribution >= 0.6 is 21.6 Å². The highest BCUT2D eigenvalue weighted by Gasteiger charge is 2.69. The molecule has 7 atom stereocenters. The number of hydrogen-bond acceptors (Lipinski definition) is 11. The Bertz CT molecular complexity index is 1050. The molecule has 5 aliphatic rings. The number of amides is 2. The number of hydrogen-bond donors (Lipinski definition) is 5. The highest BCUT2D eigenvalue weighted by Crippen LogP contribution is 2.61. The van der Waals surface area contributed by atoms with Gasteiger partial charge in [-0.25, -0.2) is 0 Å². The predicted octanol–water partition coefficient (Wildman–Crippen LogP) is -0.405. The molecule has 6 rings (SSSR count). The zero-order valence-electron chi connectivity index (χ0n) is 17.5. The lowest BCUT2D eigenvalue weighted by atomic mass is 9.76. The highest BCUT2D eigenvalue weighted by atomic mass is 33.1. The average Bonchev–Trinajstić information content (AvgIpc) is 3.00. The summed E-state index contributed by atoms with van der Waals surface area (Å²) in [6.45, 7) is 0. The van der Waals surface area contributed by atoms with Crippen molar-refractivity contribution in [1.29, 1.82) is 0 Å². The number of aliphatic hydroxyl groups is 3. The zero-order chi connectivity index (χ0) is 23.7. The summed E-state index contributed by atoms with van der Waals surface area (Å²) in [6.07, 6.45) is -1.94. The van der Waals surface area contributed by atoms with Crippen LogP contribution in [0.1, 0.15) is 17.2 Å². The molecule has 0 saturated carbocycles. The van der Waals surface area contributed by atoms with E-state index in [-0.39, 0.29) is 17.9 Å². The van der Waals surface area contributed by atoms with E-state index in [9.17, 15) is 30.0 Å². The van der Waals surface area contributed by atoms with Crippen LogP contribution in [0, 0.1) is 0 Å². The molecule has 33 heavy (non-hydrogen) atoms. The average molecular weight is 499 g/mol. The number of methoxy groups -OCH3 is 2. The van der Waals surface area contributed by atoms with Crippen LogP contribution in [-0.2, 0) is 14.4 Å². The summed E-state index contributed by atoms with van der Waals surface area (Å²) in [7, 11) is 4.95. The van der Waals surface area contributed by atoms with Gasteiger partial charge in [0.15, 0.2) is 11.5 Å². The second-order valence-corrected chi connectivity index (χ2v) is 10.9. The number of carbonyl (C=O) groups excluding carboxylic acids is 2. The first-order valence-corrected chi connectivity index (χ1v) is 12.3. The van der Waals surface area contributed by atoms with Crippen LogP contribution < -0.4 is 14.8 Å². The van der Waals surface area contributed by atoms with Crippen molar-refractivity contribution in [2.75, 3.05) is 14.2 Å².